The second kappa shape index (κ2) is 5.84. The summed E-state index contributed by atoms with van der Waals surface area (Å²) in [6.45, 7) is 2.22. The largest absolute Gasteiger partial charge is 0.481 e. The van der Waals surface area contributed by atoms with E-state index < -0.39 is 5.97 Å². The molecule has 0 heterocycles. The predicted molar refractivity (Wildman–Crippen MR) is 59.7 cm³/mol. The van der Waals surface area contributed by atoms with Gasteiger partial charge in [0.15, 0.2) is 0 Å². The summed E-state index contributed by atoms with van der Waals surface area (Å²) in [5.41, 5.74) is 5.48. The van der Waals surface area contributed by atoms with Crippen molar-refractivity contribution in [3.8, 4) is 0 Å². The Morgan fingerprint density at radius 2 is 2.12 bits per heavy atom. The van der Waals surface area contributed by atoms with Crippen LogP contribution in [0.5, 0.6) is 0 Å². The van der Waals surface area contributed by atoms with Crippen molar-refractivity contribution in [1.29, 1.82) is 0 Å². The zero-order valence-electron chi connectivity index (χ0n) is 9.61. The van der Waals surface area contributed by atoms with Gasteiger partial charge < -0.3 is 16.2 Å². The molecular formula is C11H20N2O3. The van der Waals surface area contributed by atoms with Crippen LogP contribution in [0.1, 0.15) is 32.6 Å². The van der Waals surface area contributed by atoms with E-state index in [4.69, 9.17) is 10.8 Å². The number of hydrogen-bond donors (Lipinski definition) is 3. The van der Waals surface area contributed by atoms with Crippen molar-refractivity contribution >= 4 is 11.9 Å². The van der Waals surface area contributed by atoms with E-state index in [0.717, 1.165) is 12.8 Å². The Balaban J connectivity index is 2.47. The molecule has 1 aliphatic rings. The molecule has 0 aromatic rings. The number of amides is 1. The van der Waals surface area contributed by atoms with Crippen LogP contribution >= 0.6 is 0 Å². The highest BCUT2D eigenvalue weighted by Crippen LogP contribution is 2.34. The number of nitrogens with one attached hydrogen (secondary N) is 1. The Bertz CT molecular complexity index is 260. The number of nitrogens with two attached hydrogens (primary N) is 1. The molecule has 0 aromatic carbocycles. The Morgan fingerprint density at radius 3 is 2.50 bits per heavy atom. The minimum atomic E-state index is -0.863. The van der Waals surface area contributed by atoms with Crippen LogP contribution in [0.3, 0.4) is 0 Å². The molecule has 1 aliphatic carbocycles. The molecule has 1 fully saturated rings. The van der Waals surface area contributed by atoms with Gasteiger partial charge in [0.05, 0.1) is 6.42 Å². The normalized spacial score (nSPS) is 18.9. The third-order valence-corrected chi connectivity index (χ3v) is 3.06. The quantitative estimate of drug-likeness (QED) is 0.586. The maximum absolute atomic E-state index is 11.7. The summed E-state index contributed by atoms with van der Waals surface area (Å²) in [4.78, 5) is 22.4. The van der Waals surface area contributed by atoms with Crippen molar-refractivity contribution in [3.63, 3.8) is 0 Å². The molecule has 1 saturated carbocycles. The number of carboxylic acid groups (broad SMARTS) is 1. The number of carbonyl (C=O) groups is 2. The van der Waals surface area contributed by atoms with Gasteiger partial charge in [-0.25, -0.2) is 0 Å². The van der Waals surface area contributed by atoms with Gasteiger partial charge >= 0.3 is 5.97 Å². The molecule has 1 amide bonds. The van der Waals surface area contributed by atoms with E-state index in [9.17, 15) is 9.59 Å². The zero-order valence-corrected chi connectivity index (χ0v) is 9.61. The van der Waals surface area contributed by atoms with Gasteiger partial charge in [-0.1, -0.05) is 6.92 Å². The number of carboxylic acids is 1. The van der Waals surface area contributed by atoms with E-state index in [1.165, 1.54) is 0 Å². The summed E-state index contributed by atoms with van der Waals surface area (Å²) >= 11 is 0. The maximum atomic E-state index is 11.7. The molecule has 16 heavy (non-hydrogen) atoms. The Labute approximate surface area is 95.4 Å². The van der Waals surface area contributed by atoms with E-state index >= 15 is 0 Å². The lowest BCUT2D eigenvalue weighted by molar-refractivity contribution is -0.138. The molecule has 5 nitrogen and oxygen atoms in total. The molecule has 0 aromatic heterocycles. The molecule has 0 bridgehead atoms. The van der Waals surface area contributed by atoms with Crippen molar-refractivity contribution in [2.75, 3.05) is 6.54 Å². The highest BCUT2D eigenvalue weighted by Gasteiger charge is 2.34. The van der Waals surface area contributed by atoms with E-state index in [1.807, 2.05) is 6.92 Å². The fourth-order valence-corrected chi connectivity index (χ4v) is 1.78. The molecule has 0 spiro atoms. The van der Waals surface area contributed by atoms with E-state index in [1.54, 1.807) is 0 Å². The molecule has 0 aliphatic heterocycles. The molecule has 5 heteroatoms. The average Bonchev–Trinajstić information content (AvgIpc) is 3.01. The fourth-order valence-electron chi connectivity index (χ4n) is 1.78. The lowest BCUT2D eigenvalue weighted by Crippen LogP contribution is -2.43. The highest BCUT2D eigenvalue weighted by atomic mass is 16.4. The molecule has 1 rings (SSSR count). The van der Waals surface area contributed by atoms with Crippen LogP contribution in [-0.2, 0) is 9.59 Å². The lowest BCUT2D eigenvalue weighted by Gasteiger charge is -2.19. The van der Waals surface area contributed by atoms with Crippen LogP contribution in [0.25, 0.3) is 0 Å². The van der Waals surface area contributed by atoms with Crippen LogP contribution in [0.4, 0.5) is 0 Å². The topological polar surface area (TPSA) is 92.4 Å². The smallest absolute Gasteiger partial charge is 0.305 e. The third-order valence-electron chi connectivity index (χ3n) is 3.06. The van der Waals surface area contributed by atoms with E-state index in [2.05, 4.69) is 5.32 Å². The first-order valence-corrected chi connectivity index (χ1v) is 5.80. The first-order valence-electron chi connectivity index (χ1n) is 5.80. The molecule has 4 N–H and O–H groups in total. The summed E-state index contributed by atoms with van der Waals surface area (Å²) in [5.74, 6) is -0.827. The summed E-state index contributed by atoms with van der Waals surface area (Å²) in [5, 5.41) is 11.6. The average molecular weight is 228 g/mol. The van der Waals surface area contributed by atoms with Crippen molar-refractivity contribution in [2.24, 2.45) is 17.6 Å². The molecule has 0 saturated heterocycles. The van der Waals surface area contributed by atoms with E-state index in [0.29, 0.717) is 18.9 Å². The van der Waals surface area contributed by atoms with Gasteiger partial charge in [-0.3, -0.25) is 9.59 Å². The van der Waals surface area contributed by atoms with Crippen LogP contribution in [0, 0.1) is 11.8 Å². The molecule has 92 valence electrons. The minimum absolute atomic E-state index is 0.0113. The number of aliphatic carboxylic acids is 1. The Morgan fingerprint density at radius 1 is 1.50 bits per heavy atom. The fraction of sp³-hybridized carbons (Fsp3) is 0.818. The van der Waals surface area contributed by atoms with Crippen molar-refractivity contribution in [3.05, 3.63) is 0 Å². The first-order chi connectivity index (χ1) is 7.58. The summed E-state index contributed by atoms with van der Waals surface area (Å²) < 4.78 is 0. The second-order valence-corrected chi connectivity index (χ2v) is 4.39. The number of rotatable bonds is 7. The zero-order chi connectivity index (χ0) is 12.1. The van der Waals surface area contributed by atoms with Crippen LogP contribution in [-0.4, -0.2) is 29.6 Å². The SMILES string of the molecule is CCC(CN)C(=O)NC(CC(=O)O)C1CC1. The highest BCUT2D eigenvalue weighted by molar-refractivity contribution is 5.80. The lowest BCUT2D eigenvalue weighted by atomic mass is 10.0. The van der Waals surface area contributed by atoms with Crippen molar-refractivity contribution in [2.45, 2.75) is 38.6 Å². The van der Waals surface area contributed by atoms with Gasteiger partial charge in [0, 0.05) is 18.5 Å². The summed E-state index contributed by atoms with van der Waals surface area (Å²) in [6, 6.07) is -0.217. The van der Waals surface area contributed by atoms with Gasteiger partial charge in [0.2, 0.25) is 5.91 Å². The first kappa shape index (κ1) is 13.0. The number of carbonyl (C=O) groups excluding carboxylic acids is 1. The minimum Gasteiger partial charge on any atom is -0.481 e. The Hall–Kier alpha value is -1.10. The monoisotopic (exact) mass is 228 g/mol. The van der Waals surface area contributed by atoms with Gasteiger partial charge in [-0.15, -0.1) is 0 Å². The second-order valence-electron chi connectivity index (χ2n) is 4.39. The van der Waals surface area contributed by atoms with Crippen molar-refractivity contribution < 1.29 is 14.7 Å². The molecule has 2 unspecified atom stereocenters. The van der Waals surface area contributed by atoms with Crippen LogP contribution in [0.2, 0.25) is 0 Å². The Kier molecular flexibility index (Phi) is 4.73. The summed E-state index contributed by atoms with van der Waals surface area (Å²) in [6.07, 6.45) is 2.72. The molecule has 2 atom stereocenters. The standard InChI is InChI=1S/C11H20N2O3/c1-2-7(6-12)11(16)13-9(5-10(14)15)8-3-4-8/h7-9H,2-6,12H2,1H3,(H,13,16)(H,14,15). The molecule has 0 radical (unpaired) electrons. The van der Waals surface area contributed by atoms with Gasteiger partial charge in [0.1, 0.15) is 0 Å². The third kappa shape index (κ3) is 3.81. The van der Waals surface area contributed by atoms with Gasteiger partial charge in [0.25, 0.3) is 0 Å². The number of hydrogen-bond acceptors (Lipinski definition) is 3. The van der Waals surface area contributed by atoms with Gasteiger partial charge in [-0.2, -0.15) is 0 Å². The van der Waals surface area contributed by atoms with Crippen molar-refractivity contribution in [1.82, 2.24) is 5.32 Å². The van der Waals surface area contributed by atoms with Crippen LogP contribution in [0.15, 0.2) is 0 Å². The maximum Gasteiger partial charge on any atom is 0.305 e. The predicted octanol–water partition coefficient (Wildman–Crippen LogP) is 0.341. The summed E-state index contributed by atoms with van der Waals surface area (Å²) in [7, 11) is 0. The van der Waals surface area contributed by atoms with Gasteiger partial charge in [-0.05, 0) is 25.2 Å². The van der Waals surface area contributed by atoms with Crippen LogP contribution < -0.4 is 11.1 Å². The molecular weight excluding hydrogens is 208 g/mol. The van der Waals surface area contributed by atoms with E-state index in [-0.39, 0.29) is 24.3 Å².